The van der Waals surface area contributed by atoms with Crippen LogP contribution in [0, 0.1) is 6.92 Å². The van der Waals surface area contributed by atoms with Crippen molar-refractivity contribution < 1.29 is 13.2 Å². The molecule has 3 rings (SSSR count). The fourth-order valence-corrected chi connectivity index (χ4v) is 4.13. The van der Waals surface area contributed by atoms with Crippen LogP contribution in [0.2, 0.25) is 0 Å². The highest BCUT2D eigenvalue weighted by atomic mass is 32.2. The summed E-state index contributed by atoms with van der Waals surface area (Å²) < 4.78 is 27.0. The Bertz CT molecular complexity index is 970. The number of carbonyl (C=O) groups excluding carboxylic acids is 1. The Hall–Kier alpha value is -2.40. The van der Waals surface area contributed by atoms with Gasteiger partial charge in [0.15, 0.2) is 5.78 Å². The molecule has 5 heteroatoms. The van der Waals surface area contributed by atoms with Crippen LogP contribution in [0.1, 0.15) is 23.0 Å². The number of rotatable bonds is 3. The lowest BCUT2D eigenvalue weighted by Crippen LogP contribution is -2.14. The van der Waals surface area contributed by atoms with Crippen molar-refractivity contribution in [2.24, 2.45) is 0 Å². The van der Waals surface area contributed by atoms with E-state index >= 15 is 0 Å². The van der Waals surface area contributed by atoms with Gasteiger partial charge in [-0.25, -0.2) is 12.4 Å². The summed E-state index contributed by atoms with van der Waals surface area (Å²) in [5, 5.41) is 0.740. The maximum Gasteiger partial charge on any atom is 0.268 e. The van der Waals surface area contributed by atoms with Gasteiger partial charge in [-0.3, -0.25) is 4.79 Å². The summed E-state index contributed by atoms with van der Waals surface area (Å²) in [6.45, 7) is 3.24. The lowest BCUT2D eigenvalue weighted by atomic mass is 10.1. The molecule has 4 nitrogen and oxygen atoms in total. The molecule has 0 unspecified atom stereocenters. The van der Waals surface area contributed by atoms with Gasteiger partial charge in [0.1, 0.15) is 0 Å². The summed E-state index contributed by atoms with van der Waals surface area (Å²) >= 11 is 0. The van der Waals surface area contributed by atoms with Crippen LogP contribution in [0.3, 0.4) is 0 Å². The minimum absolute atomic E-state index is 0.0433. The largest absolute Gasteiger partial charge is 0.295 e. The first kappa shape index (κ1) is 14.5. The Balaban J connectivity index is 2.28. The van der Waals surface area contributed by atoms with Gasteiger partial charge in [0.25, 0.3) is 10.0 Å². The number of hydrogen-bond acceptors (Lipinski definition) is 3. The van der Waals surface area contributed by atoms with Crippen LogP contribution < -0.4 is 0 Å². The van der Waals surface area contributed by atoms with Gasteiger partial charge in [0.2, 0.25) is 0 Å². The molecule has 1 aromatic heterocycles. The minimum Gasteiger partial charge on any atom is -0.295 e. The van der Waals surface area contributed by atoms with E-state index < -0.39 is 10.0 Å². The van der Waals surface area contributed by atoms with E-state index in [9.17, 15) is 13.2 Å². The fourth-order valence-electron chi connectivity index (χ4n) is 2.56. The van der Waals surface area contributed by atoms with Crippen molar-refractivity contribution in [3.8, 4) is 0 Å². The molecule has 112 valence electrons. The number of nitrogens with zero attached hydrogens (tertiary/aromatic N) is 1. The Kier molecular flexibility index (Phi) is 3.37. The van der Waals surface area contributed by atoms with E-state index in [0.717, 1.165) is 5.39 Å². The first-order valence-corrected chi connectivity index (χ1v) is 8.29. The molecule has 2 aromatic carbocycles. The predicted molar refractivity (Wildman–Crippen MR) is 85.7 cm³/mol. The highest BCUT2D eigenvalue weighted by Gasteiger charge is 2.21. The van der Waals surface area contributed by atoms with E-state index in [4.69, 9.17) is 0 Å². The van der Waals surface area contributed by atoms with Gasteiger partial charge < -0.3 is 0 Å². The van der Waals surface area contributed by atoms with Crippen molar-refractivity contribution in [1.82, 2.24) is 3.97 Å². The van der Waals surface area contributed by atoms with Gasteiger partial charge >= 0.3 is 0 Å². The molecule has 0 aliphatic rings. The van der Waals surface area contributed by atoms with E-state index in [2.05, 4.69) is 0 Å². The van der Waals surface area contributed by atoms with Crippen molar-refractivity contribution in [3.05, 3.63) is 65.9 Å². The van der Waals surface area contributed by atoms with Crippen LogP contribution in [0.4, 0.5) is 0 Å². The number of benzene rings is 2. The number of hydrogen-bond donors (Lipinski definition) is 0. The van der Waals surface area contributed by atoms with Gasteiger partial charge in [-0.05, 0) is 50.2 Å². The zero-order valence-electron chi connectivity index (χ0n) is 12.3. The summed E-state index contributed by atoms with van der Waals surface area (Å²) in [7, 11) is -3.65. The normalized spacial score (nSPS) is 11.7. The maximum atomic E-state index is 12.8. The van der Waals surface area contributed by atoms with E-state index in [1.165, 1.54) is 10.9 Å². The number of fused-ring (bicyclic) bond motifs is 1. The summed E-state index contributed by atoms with van der Waals surface area (Å²) in [6, 6.07) is 15.2. The number of ketones is 1. The molecular formula is C17H15NO3S. The molecule has 0 amide bonds. The fraction of sp³-hybridized carbons (Fsp3) is 0.118. The third-order valence-electron chi connectivity index (χ3n) is 3.62. The highest BCUT2D eigenvalue weighted by molar-refractivity contribution is 7.90. The smallest absolute Gasteiger partial charge is 0.268 e. The van der Waals surface area contributed by atoms with Crippen LogP contribution in [0.15, 0.2) is 59.5 Å². The van der Waals surface area contributed by atoms with Crippen molar-refractivity contribution >= 4 is 26.7 Å². The number of aryl methyl sites for hydroxylation is 1. The van der Waals surface area contributed by atoms with E-state index in [-0.39, 0.29) is 10.7 Å². The van der Waals surface area contributed by atoms with Crippen LogP contribution in [0.25, 0.3) is 10.9 Å². The standard InChI is InChI=1S/C17H15NO3S/c1-12-10-15-11-14(13(2)19)8-9-17(15)18(12)22(20,21)16-6-4-3-5-7-16/h3-11H,1-2H3. The topological polar surface area (TPSA) is 56.1 Å². The maximum absolute atomic E-state index is 12.8. The molecule has 22 heavy (non-hydrogen) atoms. The Labute approximate surface area is 129 Å². The summed E-state index contributed by atoms with van der Waals surface area (Å²) in [6.07, 6.45) is 0. The average Bonchev–Trinajstić information content (AvgIpc) is 2.83. The zero-order chi connectivity index (χ0) is 15.9. The minimum atomic E-state index is -3.65. The number of aromatic nitrogens is 1. The molecular weight excluding hydrogens is 298 g/mol. The van der Waals surface area contributed by atoms with Crippen molar-refractivity contribution in [3.63, 3.8) is 0 Å². The predicted octanol–water partition coefficient (Wildman–Crippen LogP) is 3.39. The average molecular weight is 313 g/mol. The molecule has 1 heterocycles. The first-order chi connectivity index (χ1) is 10.4. The zero-order valence-corrected chi connectivity index (χ0v) is 13.1. The Morgan fingerprint density at radius 1 is 1.00 bits per heavy atom. The van der Waals surface area contributed by atoms with Gasteiger partial charge in [0, 0.05) is 16.6 Å². The van der Waals surface area contributed by atoms with Crippen molar-refractivity contribution in [2.45, 2.75) is 18.7 Å². The van der Waals surface area contributed by atoms with Gasteiger partial charge in [-0.15, -0.1) is 0 Å². The molecule has 0 aliphatic carbocycles. The molecule has 0 aliphatic heterocycles. The van der Waals surface area contributed by atoms with Crippen LogP contribution in [0.5, 0.6) is 0 Å². The highest BCUT2D eigenvalue weighted by Crippen LogP contribution is 2.26. The van der Waals surface area contributed by atoms with Crippen molar-refractivity contribution in [2.75, 3.05) is 0 Å². The van der Waals surface area contributed by atoms with Gasteiger partial charge in [0.05, 0.1) is 10.4 Å². The second-order valence-electron chi connectivity index (χ2n) is 5.20. The molecule has 0 N–H and O–H groups in total. The second-order valence-corrected chi connectivity index (χ2v) is 6.98. The summed E-state index contributed by atoms with van der Waals surface area (Å²) in [5.74, 6) is -0.0433. The number of carbonyl (C=O) groups is 1. The molecule has 0 saturated carbocycles. The van der Waals surface area contributed by atoms with E-state index in [1.807, 2.05) is 0 Å². The monoisotopic (exact) mass is 313 g/mol. The third kappa shape index (κ3) is 2.23. The van der Waals surface area contributed by atoms with Crippen molar-refractivity contribution in [1.29, 1.82) is 0 Å². The molecule has 0 spiro atoms. The second kappa shape index (κ2) is 5.10. The summed E-state index contributed by atoms with van der Waals surface area (Å²) in [4.78, 5) is 11.7. The third-order valence-corrected chi connectivity index (χ3v) is 5.45. The lowest BCUT2D eigenvalue weighted by Gasteiger charge is -2.10. The SMILES string of the molecule is CC(=O)c1ccc2c(c1)cc(C)n2S(=O)(=O)c1ccccc1. The number of Topliss-reactive ketones (excluding diaryl/α,β-unsaturated/α-hetero) is 1. The molecule has 0 fully saturated rings. The van der Waals surface area contributed by atoms with Crippen LogP contribution in [-0.4, -0.2) is 18.2 Å². The lowest BCUT2D eigenvalue weighted by molar-refractivity contribution is 0.101. The quantitative estimate of drug-likeness (QED) is 0.696. The molecule has 0 radical (unpaired) electrons. The molecule has 3 aromatic rings. The summed E-state index contributed by atoms with van der Waals surface area (Å²) in [5.41, 5.74) is 1.76. The van der Waals surface area contributed by atoms with Gasteiger partial charge in [-0.2, -0.15) is 0 Å². The Morgan fingerprint density at radius 2 is 1.68 bits per heavy atom. The van der Waals surface area contributed by atoms with E-state index in [0.29, 0.717) is 16.8 Å². The Morgan fingerprint density at radius 3 is 2.32 bits per heavy atom. The molecule has 0 atom stereocenters. The van der Waals surface area contributed by atoms with Crippen LogP contribution in [-0.2, 0) is 10.0 Å². The molecule has 0 bridgehead atoms. The first-order valence-electron chi connectivity index (χ1n) is 6.85. The van der Waals surface area contributed by atoms with Crippen LogP contribution >= 0.6 is 0 Å². The molecule has 0 saturated heterocycles. The van der Waals surface area contributed by atoms with E-state index in [1.54, 1.807) is 61.5 Å². The van der Waals surface area contributed by atoms with Gasteiger partial charge in [-0.1, -0.05) is 18.2 Å².